The molecule has 1 saturated carbocycles. The molecule has 3 nitrogen and oxygen atoms in total. The van der Waals surface area contributed by atoms with Crippen molar-refractivity contribution < 1.29 is 9.90 Å². The number of amides is 1. The second-order valence-corrected chi connectivity index (χ2v) is 5.43. The van der Waals surface area contributed by atoms with Crippen molar-refractivity contribution in [2.75, 3.05) is 12.5 Å². The summed E-state index contributed by atoms with van der Waals surface area (Å²) in [6, 6.07) is 7.76. The third kappa shape index (κ3) is 2.49. The van der Waals surface area contributed by atoms with E-state index in [4.69, 9.17) is 11.6 Å². The van der Waals surface area contributed by atoms with Crippen LogP contribution >= 0.6 is 27.5 Å². The highest BCUT2D eigenvalue weighted by Crippen LogP contribution is 2.51. The highest BCUT2D eigenvalue weighted by Gasteiger charge is 2.55. The number of aliphatic hydroxyl groups excluding tert-OH is 1. The molecule has 1 aliphatic rings. The van der Waals surface area contributed by atoms with Gasteiger partial charge in [-0.3, -0.25) is 4.79 Å². The molecule has 0 radical (unpaired) electrons. The van der Waals surface area contributed by atoms with Gasteiger partial charge in [0, 0.05) is 17.0 Å². The van der Waals surface area contributed by atoms with Gasteiger partial charge in [-0.1, -0.05) is 28.1 Å². The molecule has 1 amide bonds. The molecule has 92 valence electrons. The van der Waals surface area contributed by atoms with Gasteiger partial charge in [-0.15, -0.1) is 11.6 Å². The van der Waals surface area contributed by atoms with Crippen LogP contribution in [0.5, 0.6) is 0 Å². The molecule has 2 N–H and O–H groups in total. The van der Waals surface area contributed by atoms with Crippen LogP contribution in [-0.2, 0) is 10.3 Å². The Kier molecular flexibility index (Phi) is 3.76. The molecule has 0 aromatic heterocycles. The maximum absolute atomic E-state index is 11.5. The van der Waals surface area contributed by atoms with Crippen molar-refractivity contribution in [1.29, 1.82) is 0 Å². The smallest absolute Gasteiger partial charge is 0.235 e. The van der Waals surface area contributed by atoms with E-state index in [-0.39, 0.29) is 24.3 Å². The predicted molar refractivity (Wildman–Crippen MR) is 69.9 cm³/mol. The molecule has 17 heavy (non-hydrogen) atoms. The molecule has 2 atom stereocenters. The third-order valence-electron chi connectivity index (χ3n) is 3.15. The van der Waals surface area contributed by atoms with Crippen molar-refractivity contribution in [3.63, 3.8) is 0 Å². The van der Waals surface area contributed by atoms with Crippen molar-refractivity contribution in [2.24, 2.45) is 5.92 Å². The molecule has 1 fully saturated rings. The molecule has 1 aromatic rings. The van der Waals surface area contributed by atoms with E-state index in [2.05, 4.69) is 21.2 Å². The largest absolute Gasteiger partial charge is 0.396 e. The van der Waals surface area contributed by atoms with Crippen molar-refractivity contribution in [3.05, 3.63) is 34.3 Å². The van der Waals surface area contributed by atoms with Crippen LogP contribution in [0.15, 0.2) is 28.7 Å². The highest BCUT2D eigenvalue weighted by atomic mass is 79.9. The number of halogens is 2. The summed E-state index contributed by atoms with van der Waals surface area (Å²) in [4.78, 5) is 11.5. The summed E-state index contributed by atoms with van der Waals surface area (Å²) in [6.45, 7) is 0.0646. The molecule has 0 aliphatic heterocycles. The van der Waals surface area contributed by atoms with Crippen LogP contribution in [0.4, 0.5) is 0 Å². The van der Waals surface area contributed by atoms with Gasteiger partial charge in [0.15, 0.2) is 0 Å². The normalized spacial score (nSPS) is 26.6. The predicted octanol–water partition coefficient (Wildman–Crippen LogP) is 2.01. The number of carbonyl (C=O) groups excluding carboxylic acids is 1. The first-order chi connectivity index (χ1) is 8.12. The lowest BCUT2D eigenvalue weighted by Crippen LogP contribution is -2.37. The van der Waals surface area contributed by atoms with E-state index in [1.54, 1.807) is 0 Å². The zero-order valence-corrected chi connectivity index (χ0v) is 11.5. The molecule has 0 bridgehead atoms. The van der Waals surface area contributed by atoms with Crippen LogP contribution in [0.2, 0.25) is 0 Å². The van der Waals surface area contributed by atoms with E-state index in [1.165, 1.54) is 0 Å². The Morgan fingerprint density at radius 3 is 2.94 bits per heavy atom. The lowest BCUT2D eigenvalue weighted by atomic mass is 10.0. The third-order valence-corrected chi connectivity index (χ3v) is 3.89. The van der Waals surface area contributed by atoms with E-state index in [0.717, 1.165) is 16.5 Å². The summed E-state index contributed by atoms with van der Waals surface area (Å²) < 4.78 is 0.957. The number of benzene rings is 1. The molecular weight excluding hydrogens is 305 g/mol. The van der Waals surface area contributed by atoms with Gasteiger partial charge in [0.2, 0.25) is 5.91 Å². The van der Waals surface area contributed by atoms with E-state index < -0.39 is 5.54 Å². The van der Waals surface area contributed by atoms with Crippen molar-refractivity contribution in [3.8, 4) is 0 Å². The van der Waals surface area contributed by atoms with E-state index in [9.17, 15) is 9.90 Å². The first kappa shape index (κ1) is 12.9. The summed E-state index contributed by atoms with van der Waals surface area (Å²) in [5.74, 6) is -0.194. The Hall–Kier alpha value is -0.580. The fourth-order valence-electron chi connectivity index (χ4n) is 2.18. The standard InChI is InChI=1S/C12H13BrClNO2/c13-10-3-1-2-8(4-10)12(5-9(12)7-16)15-11(17)6-14/h1-4,9,16H,5-7H2,(H,15,17). The number of aliphatic hydroxyl groups is 1. The van der Waals surface area contributed by atoms with Gasteiger partial charge in [-0.2, -0.15) is 0 Å². The summed E-state index contributed by atoms with van der Waals surface area (Å²) in [5.41, 5.74) is 0.564. The monoisotopic (exact) mass is 317 g/mol. The quantitative estimate of drug-likeness (QED) is 0.834. The molecule has 0 heterocycles. The lowest BCUT2D eigenvalue weighted by molar-refractivity contribution is -0.119. The maximum Gasteiger partial charge on any atom is 0.235 e. The zero-order chi connectivity index (χ0) is 12.5. The highest BCUT2D eigenvalue weighted by molar-refractivity contribution is 9.10. The summed E-state index contributed by atoms with van der Waals surface area (Å²) in [6.07, 6.45) is 0.753. The van der Waals surface area contributed by atoms with Crippen LogP contribution in [0.1, 0.15) is 12.0 Å². The zero-order valence-electron chi connectivity index (χ0n) is 9.12. The first-order valence-electron chi connectivity index (χ1n) is 5.36. The topological polar surface area (TPSA) is 49.3 Å². The minimum atomic E-state index is -0.440. The Labute approximate surface area is 113 Å². The van der Waals surface area contributed by atoms with Gasteiger partial charge in [-0.25, -0.2) is 0 Å². The van der Waals surface area contributed by atoms with Crippen LogP contribution in [-0.4, -0.2) is 23.5 Å². The first-order valence-corrected chi connectivity index (χ1v) is 6.69. The number of rotatable bonds is 4. The molecule has 2 unspecified atom stereocenters. The molecule has 5 heteroatoms. The van der Waals surface area contributed by atoms with Crippen molar-refractivity contribution in [1.82, 2.24) is 5.32 Å². The lowest BCUT2D eigenvalue weighted by Gasteiger charge is -2.19. The minimum absolute atomic E-state index is 0.0616. The fourth-order valence-corrected chi connectivity index (χ4v) is 2.64. The fraction of sp³-hybridized carbons (Fsp3) is 0.417. The average molecular weight is 319 g/mol. The maximum atomic E-state index is 11.5. The summed E-state index contributed by atoms with van der Waals surface area (Å²) in [7, 11) is 0. The Balaban J connectivity index is 2.27. The number of carbonyl (C=O) groups is 1. The van der Waals surface area contributed by atoms with Crippen LogP contribution < -0.4 is 5.32 Å². The van der Waals surface area contributed by atoms with Gasteiger partial charge >= 0.3 is 0 Å². The van der Waals surface area contributed by atoms with Crippen molar-refractivity contribution in [2.45, 2.75) is 12.0 Å². The van der Waals surface area contributed by atoms with Gasteiger partial charge in [0.25, 0.3) is 0 Å². The number of nitrogens with one attached hydrogen (secondary N) is 1. The molecule has 1 aromatic carbocycles. The van der Waals surface area contributed by atoms with Gasteiger partial charge in [0.05, 0.1) is 5.54 Å². The second kappa shape index (κ2) is 4.96. The Morgan fingerprint density at radius 1 is 1.65 bits per heavy atom. The van der Waals surface area contributed by atoms with E-state index >= 15 is 0 Å². The van der Waals surface area contributed by atoms with Gasteiger partial charge in [0.1, 0.15) is 5.88 Å². The minimum Gasteiger partial charge on any atom is -0.396 e. The number of hydrogen-bond acceptors (Lipinski definition) is 2. The van der Waals surface area contributed by atoms with Crippen LogP contribution in [0.3, 0.4) is 0 Å². The molecule has 1 aliphatic carbocycles. The Morgan fingerprint density at radius 2 is 2.41 bits per heavy atom. The summed E-state index contributed by atoms with van der Waals surface area (Å²) in [5, 5.41) is 12.2. The number of alkyl halides is 1. The van der Waals surface area contributed by atoms with Gasteiger partial charge < -0.3 is 10.4 Å². The molecule has 0 spiro atoms. The average Bonchev–Trinajstić information content (AvgIpc) is 3.04. The van der Waals surface area contributed by atoms with E-state index in [1.807, 2.05) is 24.3 Å². The molecule has 0 saturated heterocycles. The second-order valence-electron chi connectivity index (χ2n) is 4.25. The summed E-state index contributed by atoms with van der Waals surface area (Å²) >= 11 is 8.92. The molecule has 2 rings (SSSR count). The van der Waals surface area contributed by atoms with Crippen LogP contribution in [0, 0.1) is 5.92 Å². The van der Waals surface area contributed by atoms with E-state index in [0.29, 0.717) is 0 Å². The molecular formula is C12H13BrClNO2. The SMILES string of the molecule is O=C(CCl)NC1(c2cccc(Br)c2)CC1CO. The Bertz CT molecular complexity index is 440. The van der Waals surface area contributed by atoms with Crippen molar-refractivity contribution >= 4 is 33.4 Å². The van der Waals surface area contributed by atoms with Crippen LogP contribution in [0.25, 0.3) is 0 Å². The number of hydrogen-bond donors (Lipinski definition) is 2. The van der Waals surface area contributed by atoms with Gasteiger partial charge in [-0.05, 0) is 24.1 Å².